The van der Waals surface area contributed by atoms with E-state index >= 15 is 0 Å². The van der Waals surface area contributed by atoms with Gasteiger partial charge in [-0.25, -0.2) is 18.1 Å². The van der Waals surface area contributed by atoms with Gasteiger partial charge in [-0.3, -0.25) is 4.79 Å². The molecule has 43 heavy (non-hydrogen) atoms. The van der Waals surface area contributed by atoms with Crippen LogP contribution in [0.15, 0.2) is 60.4 Å². The minimum Gasteiger partial charge on any atom is -0.437 e. The second-order valence-corrected chi connectivity index (χ2v) is 13.0. The Hall–Kier alpha value is -4.03. The molecular weight excluding hydrogens is 590 g/mol. The molecule has 2 N–H and O–H groups in total. The molecular formula is C31H30ClN5O5S. The maximum absolute atomic E-state index is 13.6. The van der Waals surface area contributed by atoms with Crippen LogP contribution in [0.3, 0.4) is 0 Å². The number of Topliss-reactive ketones (excluding diaryl/α,β-unsaturated/α-hetero) is 1. The fraction of sp³-hybridized carbons (Fsp3) is 0.258. The van der Waals surface area contributed by atoms with Crippen LogP contribution < -0.4 is 10.5 Å². The molecule has 2 aromatic carbocycles. The molecule has 2 aromatic heterocycles. The van der Waals surface area contributed by atoms with Crippen LogP contribution in [-0.2, 0) is 26.9 Å². The number of sulfonamides is 1. The van der Waals surface area contributed by atoms with Crippen molar-refractivity contribution in [1.29, 1.82) is 0 Å². The van der Waals surface area contributed by atoms with Crippen molar-refractivity contribution in [3.8, 4) is 17.3 Å². The van der Waals surface area contributed by atoms with E-state index in [1.165, 1.54) is 15.2 Å². The first kappa shape index (κ1) is 29.1. The van der Waals surface area contributed by atoms with Crippen LogP contribution in [0.1, 0.15) is 38.2 Å². The summed E-state index contributed by atoms with van der Waals surface area (Å²) in [5, 5.41) is 4.86. The van der Waals surface area contributed by atoms with Gasteiger partial charge in [0.05, 0.1) is 47.6 Å². The fourth-order valence-electron chi connectivity index (χ4n) is 5.31. The molecule has 1 aliphatic carbocycles. The minimum atomic E-state index is -3.48. The summed E-state index contributed by atoms with van der Waals surface area (Å²) in [5.74, 6) is 0.717. The van der Waals surface area contributed by atoms with Crippen molar-refractivity contribution in [2.45, 2.75) is 26.0 Å². The van der Waals surface area contributed by atoms with Gasteiger partial charge in [0.15, 0.2) is 5.78 Å². The number of morpholine rings is 1. The number of hydrogen-bond donors (Lipinski definition) is 1. The minimum absolute atomic E-state index is 0.0925. The van der Waals surface area contributed by atoms with Gasteiger partial charge >= 0.3 is 0 Å². The lowest BCUT2D eigenvalue weighted by Gasteiger charge is -2.26. The average molecular weight is 620 g/mol. The Morgan fingerprint density at radius 3 is 2.60 bits per heavy atom. The van der Waals surface area contributed by atoms with E-state index in [0.29, 0.717) is 60.6 Å². The summed E-state index contributed by atoms with van der Waals surface area (Å²) in [6, 6.07) is 12.7. The number of anilines is 1. The molecule has 0 atom stereocenters. The summed E-state index contributed by atoms with van der Waals surface area (Å²) in [4.78, 5) is 18.0. The van der Waals surface area contributed by atoms with Crippen molar-refractivity contribution < 1.29 is 22.7 Å². The van der Waals surface area contributed by atoms with Gasteiger partial charge < -0.3 is 15.2 Å². The van der Waals surface area contributed by atoms with Gasteiger partial charge in [0.25, 0.3) is 0 Å². The third-order valence-electron chi connectivity index (χ3n) is 7.69. The maximum atomic E-state index is 13.6. The SMILES string of the molecule is Cc1cc2c(cc1CS(=O)(=O)N1CCOCC1)CC(C(=O)c1cnn(-c3cnc(Oc4ccccc4Cl)cc3C)c1N)=C2. The zero-order valence-corrected chi connectivity index (χ0v) is 25.3. The first-order valence-electron chi connectivity index (χ1n) is 13.8. The summed E-state index contributed by atoms with van der Waals surface area (Å²) in [6.45, 7) is 5.28. The number of para-hydroxylation sites is 1. The fourth-order valence-corrected chi connectivity index (χ4v) is 7.08. The Morgan fingerprint density at radius 1 is 1.09 bits per heavy atom. The number of halogens is 1. The Labute approximate surface area is 254 Å². The van der Waals surface area contributed by atoms with E-state index in [0.717, 1.165) is 27.8 Å². The lowest BCUT2D eigenvalue weighted by molar-refractivity contribution is 0.0729. The van der Waals surface area contributed by atoms with Crippen LogP contribution in [0.4, 0.5) is 5.82 Å². The van der Waals surface area contributed by atoms with Crippen LogP contribution in [0, 0.1) is 13.8 Å². The quantitative estimate of drug-likeness (QED) is 0.276. The number of benzene rings is 2. The van der Waals surface area contributed by atoms with Crippen molar-refractivity contribution in [2.75, 3.05) is 32.0 Å². The number of carbonyl (C=O) groups is 1. The summed E-state index contributed by atoms with van der Waals surface area (Å²) in [5.41, 5.74) is 12.1. The molecule has 6 rings (SSSR count). The molecule has 2 aliphatic rings. The Morgan fingerprint density at radius 2 is 1.86 bits per heavy atom. The standard InChI is InChI=1S/C31H30ClN5O5S/c1-19-11-21-13-23(14-22(21)15-24(19)18-43(39,40)36-7-9-41-10-8-36)30(38)25-16-35-37(31(25)33)27-17-34-29(12-20(27)2)42-28-6-4-3-5-26(28)32/h3-6,11-13,15-17H,7-10,14,18,33H2,1-2H3. The highest BCUT2D eigenvalue weighted by atomic mass is 35.5. The monoisotopic (exact) mass is 619 g/mol. The predicted octanol–water partition coefficient (Wildman–Crippen LogP) is 4.90. The van der Waals surface area contributed by atoms with E-state index in [1.54, 1.807) is 24.4 Å². The number of allylic oxidation sites excluding steroid dienone is 1. The number of ketones is 1. The second-order valence-electron chi connectivity index (χ2n) is 10.6. The van der Waals surface area contributed by atoms with Gasteiger partial charge in [-0.05, 0) is 59.9 Å². The average Bonchev–Trinajstić information content (AvgIpc) is 3.57. The van der Waals surface area contributed by atoms with Crippen LogP contribution in [0.2, 0.25) is 5.02 Å². The number of carbonyl (C=O) groups excluding carboxylic acids is 1. The molecule has 0 spiro atoms. The molecule has 4 aromatic rings. The van der Waals surface area contributed by atoms with E-state index < -0.39 is 10.0 Å². The van der Waals surface area contributed by atoms with Crippen LogP contribution in [-0.4, -0.2) is 59.6 Å². The summed E-state index contributed by atoms with van der Waals surface area (Å²) < 4.78 is 40.1. The number of pyridine rings is 1. The predicted molar refractivity (Wildman–Crippen MR) is 164 cm³/mol. The highest BCUT2D eigenvalue weighted by Crippen LogP contribution is 2.33. The molecule has 0 saturated carbocycles. The Balaban J connectivity index is 1.19. The van der Waals surface area contributed by atoms with Gasteiger partial charge in [0, 0.05) is 31.1 Å². The molecule has 3 heterocycles. The number of nitrogens with two attached hydrogens (primary N) is 1. The smallest absolute Gasteiger partial charge is 0.219 e. The van der Waals surface area contributed by atoms with Gasteiger partial charge in [-0.15, -0.1) is 0 Å². The van der Waals surface area contributed by atoms with Gasteiger partial charge in [-0.2, -0.15) is 9.40 Å². The normalized spacial score (nSPS) is 15.3. The lowest BCUT2D eigenvalue weighted by atomic mass is 10.0. The Bertz CT molecular complexity index is 1880. The third-order valence-corrected chi connectivity index (χ3v) is 9.83. The van der Waals surface area contributed by atoms with Crippen LogP contribution in [0.25, 0.3) is 11.8 Å². The summed E-state index contributed by atoms with van der Waals surface area (Å²) >= 11 is 6.20. The Kier molecular flexibility index (Phi) is 7.82. The summed E-state index contributed by atoms with van der Waals surface area (Å²) in [7, 11) is -3.48. The van der Waals surface area contributed by atoms with Crippen molar-refractivity contribution in [1.82, 2.24) is 19.1 Å². The third kappa shape index (κ3) is 5.81. The zero-order valence-electron chi connectivity index (χ0n) is 23.7. The number of aromatic nitrogens is 3. The highest BCUT2D eigenvalue weighted by Gasteiger charge is 2.28. The summed E-state index contributed by atoms with van der Waals surface area (Å²) in [6.07, 6.45) is 5.26. The van der Waals surface area contributed by atoms with Gasteiger partial charge in [0.2, 0.25) is 15.9 Å². The van der Waals surface area contributed by atoms with Crippen LogP contribution >= 0.6 is 11.6 Å². The molecule has 1 saturated heterocycles. The van der Waals surface area contributed by atoms with E-state index in [-0.39, 0.29) is 22.9 Å². The number of rotatable bonds is 8. The molecule has 1 aliphatic heterocycles. The van der Waals surface area contributed by atoms with E-state index in [1.807, 2.05) is 44.2 Å². The van der Waals surface area contributed by atoms with Crippen molar-refractivity contribution >= 4 is 39.3 Å². The van der Waals surface area contributed by atoms with Crippen molar-refractivity contribution in [3.63, 3.8) is 0 Å². The maximum Gasteiger partial charge on any atom is 0.219 e. The highest BCUT2D eigenvalue weighted by molar-refractivity contribution is 7.88. The van der Waals surface area contributed by atoms with Crippen molar-refractivity contribution in [3.05, 3.63) is 98.8 Å². The first-order valence-corrected chi connectivity index (χ1v) is 15.8. The number of ether oxygens (including phenoxy) is 2. The molecule has 222 valence electrons. The number of fused-ring (bicyclic) bond motifs is 1. The molecule has 0 amide bonds. The van der Waals surface area contributed by atoms with Crippen molar-refractivity contribution in [2.24, 2.45) is 0 Å². The lowest BCUT2D eigenvalue weighted by Crippen LogP contribution is -2.41. The molecule has 0 bridgehead atoms. The van der Waals surface area contributed by atoms with E-state index in [9.17, 15) is 13.2 Å². The van der Waals surface area contributed by atoms with E-state index in [4.69, 9.17) is 26.8 Å². The first-order chi connectivity index (χ1) is 20.6. The molecule has 12 heteroatoms. The largest absolute Gasteiger partial charge is 0.437 e. The number of hydrogen-bond acceptors (Lipinski definition) is 8. The van der Waals surface area contributed by atoms with Gasteiger partial charge in [-0.1, -0.05) is 35.9 Å². The molecule has 0 radical (unpaired) electrons. The van der Waals surface area contributed by atoms with E-state index in [2.05, 4.69) is 10.1 Å². The number of nitrogen functional groups attached to an aromatic ring is 1. The van der Waals surface area contributed by atoms with Crippen LogP contribution in [0.5, 0.6) is 11.6 Å². The molecule has 10 nitrogen and oxygen atoms in total. The topological polar surface area (TPSA) is 130 Å². The number of nitrogens with zero attached hydrogens (tertiary/aromatic N) is 4. The second kappa shape index (κ2) is 11.6. The van der Waals surface area contributed by atoms with Gasteiger partial charge in [0.1, 0.15) is 11.6 Å². The molecule has 1 fully saturated rings. The molecule has 0 unspecified atom stereocenters. The number of aryl methyl sites for hydroxylation is 2. The zero-order chi connectivity index (χ0) is 30.3.